The van der Waals surface area contributed by atoms with Crippen molar-refractivity contribution in [3.63, 3.8) is 0 Å². The first-order valence-corrected chi connectivity index (χ1v) is 11.3. The van der Waals surface area contributed by atoms with Gasteiger partial charge in [-0.05, 0) is 36.4 Å². The van der Waals surface area contributed by atoms with Gasteiger partial charge in [-0.25, -0.2) is 8.91 Å². The number of halogens is 1. The lowest BCUT2D eigenvalue weighted by Gasteiger charge is -2.11. The molecule has 1 N–H and O–H groups in total. The lowest BCUT2D eigenvalue weighted by atomic mass is 10.2. The monoisotopic (exact) mass is 458 g/mol. The number of para-hydroxylation sites is 2. The van der Waals surface area contributed by atoms with Crippen LogP contribution < -0.4 is 10.1 Å². The molecule has 0 saturated heterocycles. The van der Waals surface area contributed by atoms with E-state index in [4.69, 9.17) is 4.74 Å². The van der Waals surface area contributed by atoms with Gasteiger partial charge in [-0.15, -0.1) is 16.4 Å². The molecule has 5 rings (SSSR count). The van der Waals surface area contributed by atoms with Crippen molar-refractivity contribution in [2.45, 2.75) is 6.42 Å². The molecule has 0 spiro atoms. The fourth-order valence-electron chi connectivity index (χ4n) is 3.41. The second kappa shape index (κ2) is 9.22. The van der Waals surface area contributed by atoms with E-state index in [0.717, 1.165) is 5.69 Å². The second-order valence-electron chi connectivity index (χ2n) is 7.25. The number of ether oxygens (including phenoxy) is 1. The Balaban J connectivity index is 1.27. The van der Waals surface area contributed by atoms with Crippen molar-refractivity contribution in [3.8, 4) is 22.9 Å². The van der Waals surface area contributed by atoms with Crippen molar-refractivity contribution in [2.75, 3.05) is 6.54 Å². The molecule has 0 atom stereocenters. The molecule has 0 saturated carbocycles. The van der Waals surface area contributed by atoms with Gasteiger partial charge in [-0.2, -0.15) is 4.98 Å². The van der Waals surface area contributed by atoms with Gasteiger partial charge in [-0.1, -0.05) is 42.5 Å². The number of nitrogens with zero attached hydrogens (tertiary/aromatic N) is 3. The van der Waals surface area contributed by atoms with Crippen LogP contribution in [0.15, 0.2) is 84.2 Å². The first-order valence-electron chi connectivity index (χ1n) is 10.4. The third-order valence-electron chi connectivity index (χ3n) is 5.03. The normalized spacial score (nSPS) is 10.9. The summed E-state index contributed by atoms with van der Waals surface area (Å²) in [5.41, 5.74) is 1.71. The molecule has 2 aromatic heterocycles. The molecule has 0 aliphatic carbocycles. The van der Waals surface area contributed by atoms with E-state index in [-0.39, 0.29) is 11.7 Å². The standard InChI is InChI=1S/C25H19FN4O2S/c26-21-12-6-4-10-19(21)23-28-25-30(29-23)17(16-33-25)14-15-27-24(31)20-11-5-7-13-22(20)32-18-8-2-1-3-9-18/h1-13,16H,14-15H2,(H,27,31). The number of carbonyl (C=O) groups is 1. The number of amides is 1. The van der Waals surface area contributed by atoms with Crippen molar-refractivity contribution in [2.24, 2.45) is 0 Å². The highest BCUT2D eigenvalue weighted by Crippen LogP contribution is 2.25. The second-order valence-corrected chi connectivity index (χ2v) is 8.09. The van der Waals surface area contributed by atoms with Crippen LogP contribution in [0.2, 0.25) is 0 Å². The lowest BCUT2D eigenvalue weighted by molar-refractivity contribution is 0.0951. The Hall–Kier alpha value is -4.04. The molecule has 3 aromatic carbocycles. The molecule has 0 unspecified atom stereocenters. The maximum Gasteiger partial charge on any atom is 0.255 e. The average molecular weight is 459 g/mol. The van der Waals surface area contributed by atoms with Gasteiger partial charge >= 0.3 is 0 Å². The topological polar surface area (TPSA) is 68.5 Å². The predicted octanol–water partition coefficient (Wildman–Crippen LogP) is 5.36. The summed E-state index contributed by atoms with van der Waals surface area (Å²) < 4.78 is 21.7. The van der Waals surface area contributed by atoms with Gasteiger partial charge in [0.15, 0.2) is 5.82 Å². The Morgan fingerprint density at radius 1 is 1.00 bits per heavy atom. The molecule has 0 aliphatic rings. The van der Waals surface area contributed by atoms with E-state index in [0.29, 0.717) is 46.4 Å². The Morgan fingerprint density at radius 2 is 1.76 bits per heavy atom. The van der Waals surface area contributed by atoms with Crippen LogP contribution in [-0.4, -0.2) is 27.0 Å². The van der Waals surface area contributed by atoms with E-state index >= 15 is 0 Å². The number of fused-ring (bicyclic) bond motifs is 1. The molecule has 0 fully saturated rings. The van der Waals surface area contributed by atoms with Gasteiger partial charge in [0.25, 0.3) is 5.91 Å². The summed E-state index contributed by atoms with van der Waals surface area (Å²) in [6.07, 6.45) is 0.549. The lowest BCUT2D eigenvalue weighted by Crippen LogP contribution is -2.26. The van der Waals surface area contributed by atoms with Crippen molar-refractivity contribution in [1.82, 2.24) is 19.9 Å². The quantitative estimate of drug-likeness (QED) is 0.356. The Kier molecular flexibility index (Phi) is 5.82. The Bertz CT molecular complexity index is 1410. The molecule has 0 radical (unpaired) electrons. The zero-order valence-corrected chi connectivity index (χ0v) is 18.3. The first-order chi connectivity index (χ1) is 16.2. The third-order valence-corrected chi connectivity index (χ3v) is 5.90. The van der Waals surface area contributed by atoms with Crippen molar-refractivity contribution < 1.29 is 13.9 Å². The summed E-state index contributed by atoms with van der Waals surface area (Å²) in [4.78, 5) is 17.9. The van der Waals surface area contributed by atoms with E-state index in [2.05, 4.69) is 15.4 Å². The van der Waals surface area contributed by atoms with Crippen LogP contribution >= 0.6 is 11.3 Å². The summed E-state index contributed by atoms with van der Waals surface area (Å²) in [7, 11) is 0. The average Bonchev–Trinajstić information content (AvgIpc) is 3.42. The van der Waals surface area contributed by atoms with E-state index in [1.54, 1.807) is 40.9 Å². The van der Waals surface area contributed by atoms with Crippen LogP contribution in [0.1, 0.15) is 16.1 Å². The summed E-state index contributed by atoms with van der Waals surface area (Å²) in [6, 6.07) is 22.9. The number of nitrogens with one attached hydrogen (secondary N) is 1. The molecule has 164 valence electrons. The molecule has 1 amide bonds. The van der Waals surface area contributed by atoms with E-state index in [9.17, 15) is 9.18 Å². The molecule has 0 bridgehead atoms. The van der Waals surface area contributed by atoms with Crippen LogP contribution in [0.4, 0.5) is 4.39 Å². The number of hydrogen-bond donors (Lipinski definition) is 1. The van der Waals surface area contributed by atoms with Gasteiger partial charge in [0, 0.05) is 18.3 Å². The van der Waals surface area contributed by atoms with Gasteiger partial charge in [0.2, 0.25) is 4.96 Å². The zero-order valence-electron chi connectivity index (χ0n) is 17.4. The van der Waals surface area contributed by atoms with E-state index in [1.807, 2.05) is 41.8 Å². The molecule has 0 aliphatic heterocycles. The van der Waals surface area contributed by atoms with E-state index in [1.165, 1.54) is 17.4 Å². The van der Waals surface area contributed by atoms with E-state index < -0.39 is 0 Å². The number of rotatable bonds is 7. The maximum atomic E-state index is 14.1. The number of aromatic nitrogens is 3. The van der Waals surface area contributed by atoms with Crippen molar-refractivity contribution in [3.05, 3.63) is 101 Å². The van der Waals surface area contributed by atoms with Crippen molar-refractivity contribution in [1.29, 1.82) is 0 Å². The van der Waals surface area contributed by atoms with Crippen LogP contribution in [0.3, 0.4) is 0 Å². The number of hydrogen-bond acceptors (Lipinski definition) is 5. The van der Waals surface area contributed by atoms with Gasteiger partial charge < -0.3 is 10.1 Å². The number of thiazole rings is 1. The molecule has 8 heteroatoms. The largest absolute Gasteiger partial charge is 0.457 e. The van der Waals surface area contributed by atoms with Crippen LogP contribution in [0, 0.1) is 5.82 Å². The zero-order chi connectivity index (χ0) is 22.6. The van der Waals surface area contributed by atoms with Gasteiger partial charge in [0.05, 0.1) is 16.8 Å². The minimum absolute atomic E-state index is 0.223. The number of benzene rings is 3. The summed E-state index contributed by atoms with van der Waals surface area (Å²) in [5, 5.41) is 9.35. The molecule has 5 aromatic rings. The highest BCUT2D eigenvalue weighted by molar-refractivity contribution is 7.15. The fraction of sp³-hybridized carbons (Fsp3) is 0.0800. The summed E-state index contributed by atoms with van der Waals surface area (Å²) in [6.45, 7) is 0.402. The van der Waals surface area contributed by atoms with Crippen LogP contribution in [-0.2, 0) is 6.42 Å². The van der Waals surface area contributed by atoms with Crippen LogP contribution in [0.5, 0.6) is 11.5 Å². The Morgan fingerprint density at radius 3 is 2.61 bits per heavy atom. The summed E-state index contributed by atoms with van der Waals surface area (Å²) >= 11 is 1.43. The van der Waals surface area contributed by atoms with Gasteiger partial charge in [0.1, 0.15) is 17.3 Å². The first kappa shape index (κ1) is 20.8. The third kappa shape index (κ3) is 4.47. The predicted molar refractivity (Wildman–Crippen MR) is 125 cm³/mol. The summed E-state index contributed by atoms with van der Waals surface area (Å²) in [5.74, 6) is 0.914. The van der Waals surface area contributed by atoms with Crippen LogP contribution in [0.25, 0.3) is 16.3 Å². The SMILES string of the molecule is O=C(NCCc1csc2nc(-c3ccccc3F)nn12)c1ccccc1Oc1ccccc1. The minimum atomic E-state index is -0.360. The van der Waals surface area contributed by atoms with Crippen molar-refractivity contribution >= 4 is 22.2 Å². The molecule has 33 heavy (non-hydrogen) atoms. The fourth-order valence-corrected chi connectivity index (χ4v) is 4.27. The minimum Gasteiger partial charge on any atom is -0.457 e. The maximum absolute atomic E-state index is 14.1. The Labute approximate surface area is 193 Å². The van der Waals surface area contributed by atoms with Gasteiger partial charge in [-0.3, -0.25) is 4.79 Å². The molecule has 6 nitrogen and oxygen atoms in total. The highest BCUT2D eigenvalue weighted by Gasteiger charge is 2.16. The molecular formula is C25H19FN4O2S. The molecular weight excluding hydrogens is 439 g/mol. The smallest absolute Gasteiger partial charge is 0.255 e. The highest BCUT2D eigenvalue weighted by atomic mass is 32.1. The molecule has 2 heterocycles. The number of carbonyl (C=O) groups excluding carboxylic acids is 1.